The average molecular weight is 254 g/mol. The highest BCUT2D eigenvalue weighted by molar-refractivity contribution is 5.68. The first-order valence-electron chi connectivity index (χ1n) is 7.12. The Bertz CT molecular complexity index is 311. The molecular weight excluding hydrogens is 228 g/mol. The molecule has 1 heterocycles. The van der Waals surface area contributed by atoms with Crippen LogP contribution in [0.5, 0.6) is 0 Å². The molecule has 1 saturated carbocycles. The number of carbonyl (C=O) groups excluding carboxylic acids is 1. The molecular formula is C14H26N2O2. The molecule has 0 bridgehead atoms. The van der Waals surface area contributed by atoms with Crippen LogP contribution in [0.2, 0.25) is 0 Å². The molecule has 0 aromatic heterocycles. The van der Waals surface area contributed by atoms with Gasteiger partial charge in [-0.15, -0.1) is 0 Å². The zero-order valence-corrected chi connectivity index (χ0v) is 11.8. The maximum atomic E-state index is 12.2. The number of rotatable bonds is 2. The van der Waals surface area contributed by atoms with Crippen molar-refractivity contribution in [3.05, 3.63) is 0 Å². The fraction of sp³-hybridized carbons (Fsp3) is 0.929. The van der Waals surface area contributed by atoms with Crippen molar-refractivity contribution in [2.75, 3.05) is 13.1 Å². The molecule has 2 aliphatic rings. The van der Waals surface area contributed by atoms with Gasteiger partial charge in [0, 0.05) is 12.6 Å². The van der Waals surface area contributed by atoms with Crippen molar-refractivity contribution < 1.29 is 9.53 Å². The number of likely N-dealkylation sites (tertiary alicyclic amines) is 1. The molecule has 104 valence electrons. The molecule has 4 nitrogen and oxygen atoms in total. The SMILES string of the molecule is CC(C)(C)OC(=O)N1CCCCC1[C@@H]1C[C@H]1CN. The minimum absolute atomic E-state index is 0.144. The fourth-order valence-corrected chi connectivity index (χ4v) is 2.96. The average Bonchev–Trinajstić information content (AvgIpc) is 3.06. The molecule has 3 atom stereocenters. The molecule has 2 rings (SSSR count). The molecule has 1 aliphatic carbocycles. The van der Waals surface area contributed by atoms with E-state index in [0.29, 0.717) is 17.9 Å². The maximum absolute atomic E-state index is 12.2. The van der Waals surface area contributed by atoms with E-state index >= 15 is 0 Å². The van der Waals surface area contributed by atoms with Crippen molar-refractivity contribution >= 4 is 6.09 Å². The van der Waals surface area contributed by atoms with E-state index in [4.69, 9.17) is 10.5 Å². The van der Waals surface area contributed by atoms with Crippen molar-refractivity contribution in [2.45, 2.75) is 58.1 Å². The minimum Gasteiger partial charge on any atom is -0.444 e. The van der Waals surface area contributed by atoms with E-state index in [1.54, 1.807) is 0 Å². The number of nitrogens with two attached hydrogens (primary N) is 1. The highest BCUT2D eigenvalue weighted by Gasteiger charge is 2.46. The Hall–Kier alpha value is -0.770. The zero-order valence-electron chi connectivity index (χ0n) is 11.8. The van der Waals surface area contributed by atoms with Gasteiger partial charge in [-0.1, -0.05) is 0 Å². The first-order chi connectivity index (χ1) is 8.42. The van der Waals surface area contributed by atoms with Gasteiger partial charge in [-0.3, -0.25) is 0 Å². The molecule has 2 fully saturated rings. The van der Waals surface area contributed by atoms with Gasteiger partial charge < -0.3 is 15.4 Å². The molecule has 0 spiro atoms. The van der Waals surface area contributed by atoms with Gasteiger partial charge in [0.2, 0.25) is 0 Å². The van der Waals surface area contributed by atoms with Crippen LogP contribution in [0.3, 0.4) is 0 Å². The second-order valence-electron chi connectivity index (χ2n) is 6.63. The third-order valence-electron chi connectivity index (χ3n) is 3.95. The predicted molar refractivity (Wildman–Crippen MR) is 71.2 cm³/mol. The minimum atomic E-state index is -0.407. The van der Waals surface area contributed by atoms with Gasteiger partial charge in [0.05, 0.1) is 0 Å². The molecule has 1 saturated heterocycles. The van der Waals surface area contributed by atoms with Crippen molar-refractivity contribution in [2.24, 2.45) is 17.6 Å². The molecule has 1 amide bonds. The van der Waals surface area contributed by atoms with E-state index in [2.05, 4.69) is 0 Å². The predicted octanol–water partition coefficient (Wildman–Crippen LogP) is 2.37. The van der Waals surface area contributed by atoms with Crippen LogP contribution in [-0.4, -0.2) is 35.7 Å². The van der Waals surface area contributed by atoms with Gasteiger partial charge in [0.1, 0.15) is 5.60 Å². The van der Waals surface area contributed by atoms with Gasteiger partial charge in [-0.25, -0.2) is 4.79 Å². The highest BCUT2D eigenvalue weighted by Crippen LogP contribution is 2.45. The van der Waals surface area contributed by atoms with Crippen LogP contribution >= 0.6 is 0 Å². The third-order valence-corrected chi connectivity index (χ3v) is 3.95. The van der Waals surface area contributed by atoms with Gasteiger partial charge in [-0.05, 0) is 64.8 Å². The zero-order chi connectivity index (χ0) is 13.3. The molecule has 1 unspecified atom stereocenters. The van der Waals surface area contributed by atoms with Crippen LogP contribution in [0.25, 0.3) is 0 Å². The number of piperidine rings is 1. The summed E-state index contributed by atoms with van der Waals surface area (Å²) in [7, 11) is 0. The molecule has 18 heavy (non-hydrogen) atoms. The second-order valence-corrected chi connectivity index (χ2v) is 6.63. The summed E-state index contributed by atoms with van der Waals surface area (Å²) in [5, 5.41) is 0. The van der Waals surface area contributed by atoms with E-state index < -0.39 is 5.60 Å². The standard InChI is InChI=1S/C14H26N2O2/c1-14(2,3)18-13(17)16-7-5-4-6-12(16)11-8-10(11)9-15/h10-12H,4-9,15H2,1-3H3/t10-,11+,12?/m0/s1. The van der Waals surface area contributed by atoms with Crippen LogP contribution in [-0.2, 0) is 4.74 Å². The van der Waals surface area contributed by atoms with Crippen LogP contribution in [0.15, 0.2) is 0 Å². The molecule has 4 heteroatoms. The van der Waals surface area contributed by atoms with E-state index in [-0.39, 0.29) is 6.09 Å². The van der Waals surface area contributed by atoms with E-state index in [9.17, 15) is 4.79 Å². The Morgan fingerprint density at radius 2 is 2.11 bits per heavy atom. The summed E-state index contributed by atoms with van der Waals surface area (Å²) in [4.78, 5) is 14.2. The lowest BCUT2D eigenvalue weighted by Gasteiger charge is -2.37. The maximum Gasteiger partial charge on any atom is 0.410 e. The Morgan fingerprint density at radius 1 is 1.39 bits per heavy atom. The summed E-state index contributed by atoms with van der Waals surface area (Å²) in [5.41, 5.74) is 5.31. The van der Waals surface area contributed by atoms with Crippen LogP contribution in [0, 0.1) is 11.8 Å². The number of ether oxygens (including phenoxy) is 1. The summed E-state index contributed by atoms with van der Waals surface area (Å²) < 4.78 is 5.51. The quantitative estimate of drug-likeness (QED) is 0.823. The number of nitrogens with zero attached hydrogens (tertiary/aromatic N) is 1. The largest absolute Gasteiger partial charge is 0.444 e. The first kappa shape index (κ1) is 13.7. The lowest BCUT2D eigenvalue weighted by atomic mass is 9.97. The van der Waals surface area contributed by atoms with Crippen molar-refractivity contribution in [1.82, 2.24) is 4.90 Å². The van der Waals surface area contributed by atoms with Crippen LogP contribution in [0.1, 0.15) is 46.5 Å². The number of amides is 1. The smallest absolute Gasteiger partial charge is 0.410 e. The summed E-state index contributed by atoms with van der Waals surface area (Å²) in [6.07, 6.45) is 4.46. The van der Waals surface area contributed by atoms with Gasteiger partial charge in [0.15, 0.2) is 0 Å². The van der Waals surface area contributed by atoms with Crippen molar-refractivity contribution in [3.8, 4) is 0 Å². The molecule has 0 radical (unpaired) electrons. The Kier molecular flexibility index (Phi) is 3.85. The lowest BCUT2D eigenvalue weighted by molar-refractivity contribution is 0.00642. The van der Waals surface area contributed by atoms with Crippen molar-refractivity contribution in [3.63, 3.8) is 0 Å². The monoisotopic (exact) mass is 254 g/mol. The third kappa shape index (κ3) is 3.16. The number of hydrogen-bond acceptors (Lipinski definition) is 3. The summed E-state index contributed by atoms with van der Waals surface area (Å²) in [6, 6.07) is 0.363. The second kappa shape index (κ2) is 5.08. The lowest BCUT2D eigenvalue weighted by Crippen LogP contribution is -2.47. The van der Waals surface area contributed by atoms with Gasteiger partial charge >= 0.3 is 6.09 Å². The summed E-state index contributed by atoms with van der Waals surface area (Å²) >= 11 is 0. The summed E-state index contributed by atoms with van der Waals surface area (Å²) in [6.45, 7) is 7.35. The normalized spacial score (nSPS) is 32.2. The fourth-order valence-electron chi connectivity index (χ4n) is 2.96. The number of hydrogen-bond donors (Lipinski definition) is 1. The first-order valence-corrected chi connectivity index (χ1v) is 7.12. The summed E-state index contributed by atoms with van der Waals surface area (Å²) in [5.74, 6) is 1.24. The van der Waals surface area contributed by atoms with E-state index in [1.165, 1.54) is 12.8 Å². The topological polar surface area (TPSA) is 55.6 Å². The van der Waals surface area contributed by atoms with Gasteiger partial charge in [-0.2, -0.15) is 0 Å². The van der Waals surface area contributed by atoms with Crippen molar-refractivity contribution in [1.29, 1.82) is 0 Å². The molecule has 0 aromatic rings. The molecule has 0 aromatic carbocycles. The molecule has 2 N–H and O–H groups in total. The highest BCUT2D eigenvalue weighted by atomic mass is 16.6. The Balaban J connectivity index is 1.97. The number of carbonyl (C=O) groups is 1. The molecule has 1 aliphatic heterocycles. The van der Waals surface area contributed by atoms with Crippen LogP contribution in [0.4, 0.5) is 4.79 Å². The van der Waals surface area contributed by atoms with E-state index in [1.807, 2.05) is 25.7 Å². The Morgan fingerprint density at radius 3 is 2.67 bits per heavy atom. The van der Waals surface area contributed by atoms with Gasteiger partial charge in [0.25, 0.3) is 0 Å². The van der Waals surface area contributed by atoms with E-state index in [0.717, 1.165) is 25.9 Å². The Labute approximate surface area is 110 Å². The van der Waals surface area contributed by atoms with Crippen LogP contribution < -0.4 is 5.73 Å².